The van der Waals surface area contributed by atoms with E-state index in [1.165, 1.54) is 6.08 Å². The molecular weight excluding hydrogens is 326 g/mol. The molecule has 0 aliphatic heterocycles. The van der Waals surface area contributed by atoms with Crippen molar-refractivity contribution in [1.82, 2.24) is 5.32 Å². The number of hydrogen-bond acceptors (Lipinski definition) is 5. The third-order valence-electron chi connectivity index (χ3n) is 2.80. The Balaban J connectivity index is 5.02. The van der Waals surface area contributed by atoms with Crippen molar-refractivity contribution in [3.05, 3.63) is 18.2 Å². The number of carbonyl (C=O) groups excluding carboxylic acids is 3. The largest absolute Gasteiger partial charge is 0.453 e. The zero-order valence-corrected chi connectivity index (χ0v) is 15.5. The summed E-state index contributed by atoms with van der Waals surface area (Å²) >= 11 is 0. The molecule has 0 aliphatic carbocycles. The van der Waals surface area contributed by atoms with Crippen LogP contribution in [0.4, 0.5) is 4.79 Å². The Morgan fingerprint density at radius 2 is 1.88 bits per heavy atom. The first-order valence-electron chi connectivity index (χ1n) is 8.03. The van der Waals surface area contributed by atoms with Gasteiger partial charge in [-0.05, 0) is 33.1 Å². The minimum Gasteiger partial charge on any atom is -0.453 e. The Morgan fingerprint density at radius 1 is 1.28 bits per heavy atom. The van der Waals surface area contributed by atoms with Gasteiger partial charge in [0, 0.05) is 12.5 Å². The van der Waals surface area contributed by atoms with E-state index in [1.807, 2.05) is 13.8 Å². The number of nitrogens with zero attached hydrogens (tertiary/aromatic N) is 2. The molecule has 0 saturated carbocycles. The van der Waals surface area contributed by atoms with Crippen LogP contribution in [0.15, 0.2) is 12.7 Å². The van der Waals surface area contributed by atoms with Crippen molar-refractivity contribution < 1.29 is 28.6 Å². The maximum atomic E-state index is 12.2. The molecule has 1 amide bonds. The molecular formula is C17H27N3O5. The molecule has 25 heavy (non-hydrogen) atoms. The van der Waals surface area contributed by atoms with Crippen LogP contribution < -0.4 is 5.32 Å². The molecule has 1 N–H and O–H groups in total. The lowest BCUT2D eigenvalue weighted by molar-refractivity contribution is -0.141. The van der Waals surface area contributed by atoms with Crippen molar-refractivity contribution in [3.8, 4) is 0 Å². The monoisotopic (exact) mass is 353 g/mol. The van der Waals surface area contributed by atoms with E-state index in [0.29, 0.717) is 6.42 Å². The summed E-state index contributed by atoms with van der Waals surface area (Å²) in [5.74, 6) is -1.61. The van der Waals surface area contributed by atoms with E-state index in [2.05, 4.69) is 16.7 Å². The summed E-state index contributed by atoms with van der Waals surface area (Å²) in [7, 11) is 0. The molecule has 0 rings (SSSR count). The minimum absolute atomic E-state index is 0.114. The highest BCUT2D eigenvalue weighted by atomic mass is 16.6. The van der Waals surface area contributed by atoms with Gasteiger partial charge >= 0.3 is 17.8 Å². The number of carbonyl (C=O) groups is 3. The van der Waals surface area contributed by atoms with Gasteiger partial charge in [0.2, 0.25) is 0 Å². The van der Waals surface area contributed by atoms with Crippen LogP contribution >= 0.6 is 0 Å². The number of rotatable bonds is 9. The fourth-order valence-corrected chi connectivity index (χ4v) is 1.97. The average molecular weight is 353 g/mol. The van der Waals surface area contributed by atoms with Crippen LogP contribution in [-0.2, 0) is 19.1 Å². The topological polar surface area (TPSA) is 118 Å². The van der Waals surface area contributed by atoms with E-state index in [1.54, 1.807) is 20.8 Å². The Bertz CT molecular complexity index is 557. The predicted octanol–water partition coefficient (Wildman–Crippen LogP) is 2.29. The summed E-state index contributed by atoms with van der Waals surface area (Å²) in [6, 6.07) is -0.577. The van der Waals surface area contributed by atoms with Crippen LogP contribution in [0.1, 0.15) is 47.5 Å². The summed E-state index contributed by atoms with van der Waals surface area (Å²) in [4.78, 5) is 38.6. The number of ketones is 1. The maximum Gasteiger partial charge on any atom is 0.441 e. The van der Waals surface area contributed by atoms with E-state index in [4.69, 9.17) is 15.0 Å². The lowest BCUT2D eigenvalue weighted by atomic mass is 9.98. The second kappa shape index (κ2) is 10.4. The Hall–Kier alpha value is -2.47. The van der Waals surface area contributed by atoms with Crippen LogP contribution in [0.2, 0.25) is 0 Å². The van der Waals surface area contributed by atoms with Gasteiger partial charge in [-0.3, -0.25) is 4.79 Å². The van der Waals surface area contributed by atoms with Gasteiger partial charge in [-0.25, -0.2) is 9.59 Å². The van der Waals surface area contributed by atoms with Crippen molar-refractivity contribution in [1.29, 1.82) is 0 Å². The summed E-state index contributed by atoms with van der Waals surface area (Å²) < 4.78 is 9.87. The normalized spacial score (nSPS) is 11.9. The van der Waals surface area contributed by atoms with Crippen molar-refractivity contribution in [3.63, 3.8) is 0 Å². The third-order valence-corrected chi connectivity index (χ3v) is 2.80. The fraction of sp³-hybridized carbons (Fsp3) is 0.647. The quantitative estimate of drug-likeness (QED) is 0.170. The fourth-order valence-electron chi connectivity index (χ4n) is 1.97. The summed E-state index contributed by atoms with van der Waals surface area (Å²) in [6.45, 7) is 12.3. The van der Waals surface area contributed by atoms with Crippen molar-refractivity contribution in [2.45, 2.75) is 59.1 Å². The molecule has 1 atom stereocenters. The first kappa shape index (κ1) is 22.5. The van der Waals surface area contributed by atoms with Gasteiger partial charge in [0.25, 0.3) is 5.78 Å². The average Bonchev–Trinajstić information content (AvgIpc) is 2.42. The van der Waals surface area contributed by atoms with Gasteiger partial charge in [0.15, 0.2) is 0 Å². The molecule has 140 valence electrons. The molecule has 0 aromatic carbocycles. The number of ether oxygens (including phenoxy) is 2. The van der Waals surface area contributed by atoms with Gasteiger partial charge < -0.3 is 20.3 Å². The van der Waals surface area contributed by atoms with Gasteiger partial charge in [-0.1, -0.05) is 26.5 Å². The number of hydrogen-bond donors (Lipinski definition) is 1. The van der Waals surface area contributed by atoms with Gasteiger partial charge in [-0.2, -0.15) is 4.79 Å². The molecule has 0 bridgehead atoms. The third kappa shape index (κ3) is 10.1. The SMILES string of the molecule is C=CCOC(=O)C(=[N+]=[N-])C(=O)C[C@H](CC(C)C)NC(=O)OC(C)(C)C. The van der Waals surface area contributed by atoms with Crippen LogP contribution in [0.25, 0.3) is 5.53 Å². The van der Waals surface area contributed by atoms with Crippen molar-refractivity contribution >= 4 is 23.6 Å². The molecule has 0 aliphatic rings. The van der Waals surface area contributed by atoms with E-state index >= 15 is 0 Å². The zero-order chi connectivity index (χ0) is 19.6. The van der Waals surface area contributed by atoms with Gasteiger partial charge in [-0.15, -0.1) is 0 Å². The standard InChI is InChI=1S/C17H27N3O5/c1-7-8-24-15(22)14(20-18)13(21)10-12(9-11(2)3)19-16(23)25-17(4,5)6/h7,11-12H,1,8-10H2,2-6H3,(H,19,23)/t12-/m0/s1. The lowest BCUT2D eigenvalue weighted by Crippen LogP contribution is -2.42. The van der Waals surface area contributed by atoms with Crippen LogP contribution in [0.5, 0.6) is 0 Å². The van der Waals surface area contributed by atoms with Crippen LogP contribution in [-0.4, -0.2) is 46.6 Å². The molecule has 0 fully saturated rings. The predicted molar refractivity (Wildman–Crippen MR) is 92.0 cm³/mol. The van der Waals surface area contributed by atoms with Crippen molar-refractivity contribution in [2.24, 2.45) is 5.92 Å². The Morgan fingerprint density at radius 3 is 2.32 bits per heavy atom. The van der Waals surface area contributed by atoms with Crippen molar-refractivity contribution in [2.75, 3.05) is 6.61 Å². The van der Waals surface area contributed by atoms with E-state index in [0.717, 1.165) is 0 Å². The molecule has 0 unspecified atom stereocenters. The summed E-state index contributed by atoms with van der Waals surface area (Å²) in [5, 5.41) is 2.61. The highest BCUT2D eigenvalue weighted by Gasteiger charge is 2.33. The highest BCUT2D eigenvalue weighted by Crippen LogP contribution is 2.12. The van der Waals surface area contributed by atoms with Gasteiger partial charge in [0.1, 0.15) is 12.2 Å². The second-order valence-corrected chi connectivity index (χ2v) is 6.94. The van der Waals surface area contributed by atoms with Crippen LogP contribution in [0, 0.1) is 5.92 Å². The van der Waals surface area contributed by atoms with E-state index in [9.17, 15) is 14.4 Å². The second-order valence-electron chi connectivity index (χ2n) is 6.94. The van der Waals surface area contributed by atoms with E-state index < -0.39 is 35.2 Å². The van der Waals surface area contributed by atoms with E-state index in [-0.39, 0.29) is 18.9 Å². The molecule has 0 aromatic rings. The Labute approximate surface area is 148 Å². The molecule has 8 nitrogen and oxygen atoms in total. The maximum absolute atomic E-state index is 12.2. The zero-order valence-electron chi connectivity index (χ0n) is 15.5. The number of amides is 1. The molecule has 0 heterocycles. The summed E-state index contributed by atoms with van der Waals surface area (Å²) in [6.07, 6.45) is 0.914. The lowest BCUT2D eigenvalue weighted by Gasteiger charge is -2.24. The molecule has 0 spiro atoms. The molecule has 0 radical (unpaired) electrons. The first-order valence-corrected chi connectivity index (χ1v) is 8.03. The number of nitrogens with one attached hydrogen (secondary N) is 1. The number of alkyl carbamates (subject to hydrolysis) is 1. The highest BCUT2D eigenvalue weighted by molar-refractivity contribution is 6.62. The molecule has 0 aromatic heterocycles. The van der Waals surface area contributed by atoms with Gasteiger partial charge in [0.05, 0.1) is 0 Å². The number of Topliss-reactive ketones (excluding diaryl/α,β-unsaturated/α-hetero) is 1. The number of esters is 1. The van der Waals surface area contributed by atoms with Crippen LogP contribution in [0.3, 0.4) is 0 Å². The Kier molecular flexibility index (Phi) is 9.38. The smallest absolute Gasteiger partial charge is 0.441 e. The molecule has 8 heteroatoms. The minimum atomic E-state index is -1.05. The first-order chi connectivity index (χ1) is 11.5. The molecule has 0 saturated heterocycles. The summed E-state index contributed by atoms with van der Waals surface area (Å²) in [5.41, 5.74) is 7.53.